The summed E-state index contributed by atoms with van der Waals surface area (Å²) in [5, 5.41) is 0. The summed E-state index contributed by atoms with van der Waals surface area (Å²) >= 11 is 0. The molecule has 17 heavy (non-hydrogen) atoms. The fourth-order valence-electron chi connectivity index (χ4n) is 1.19. The molecule has 5 heteroatoms. The van der Waals surface area contributed by atoms with Crippen LogP contribution in [-0.4, -0.2) is 36.7 Å². The van der Waals surface area contributed by atoms with Crippen LogP contribution >= 0.6 is 0 Å². The third-order valence-electron chi connectivity index (χ3n) is 1.86. The normalized spacial score (nSPS) is 10.5. The fourth-order valence-corrected chi connectivity index (χ4v) is 1.19. The van der Waals surface area contributed by atoms with E-state index in [1.807, 2.05) is 0 Å². The lowest BCUT2D eigenvalue weighted by molar-refractivity contribution is -0.137. The van der Waals surface area contributed by atoms with Gasteiger partial charge in [-0.25, -0.2) is 9.59 Å². The van der Waals surface area contributed by atoms with E-state index in [1.54, 1.807) is 34.6 Å². The maximum Gasteiger partial charge on any atom is 0.414 e. The predicted octanol–water partition coefficient (Wildman–Crippen LogP) is 2.32. The summed E-state index contributed by atoms with van der Waals surface area (Å²) in [5.41, 5.74) is 0.278. The molecule has 0 rings (SSSR count). The quantitative estimate of drug-likeness (QED) is 0.551. The average molecular weight is 243 g/mol. The number of esters is 1. The number of ether oxygens (including phenoxy) is 2. The van der Waals surface area contributed by atoms with E-state index in [-0.39, 0.29) is 5.70 Å². The highest BCUT2D eigenvalue weighted by Gasteiger charge is 2.26. The van der Waals surface area contributed by atoms with Gasteiger partial charge in [0.05, 0.1) is 7.11 Å². The van der Waals surface area contributed by atoms with E-state index in [4.69, 9.17) is 4.74 Å². The number of carbonyl (C=O) groups excluding carboxylic acids is 2. The van der Waals surface area contributed by atoms with Crippen molar-refractivity contribution in [3.8, 4) is 0 Å². The minimum absolute atomic E-state index is 0.196. The molecule has 98 valence electrons. The topological polar surface area (TPSA) is 55.8 Å². The number of hydrogen-bond donors (Lipinski definition) is 0. The molecule has 0 spiro atoms. The molecule has 0 fully saturated rings. The Morgan fingerprint density at radius 2 is 1.59 bits per heavy atom. The first-order valence-electron chi connectivity index (χ1n) is 5.32. The summed E-state index contributed by atoms with van der Waals surface area (Å²) in [6.45, 7) is 8.75. The molecule has 0 aliphatic rings. The van der Waals surface area contributed by atoms with E-state index in [2.05, 4.69) is 4.74 Å². The van der Waals surface area contributed by atoms with E-state index in [1.165, 1.54) is 14.2 Å². The van der Waals surface area contributed by atoms with E-state index in [0.29, 0.717) is 5.57 Å². The van der Waals surface area contributed by atoms with Crippen molar-refractivity contribution in [1.29, 1.82) is 0 Å². The van der Waals surface area contributed by atoms with Gasteiger partial charge in [0.25, 0.3) is 0 Å². The van der Waals surface area contributed by atoms with Crippen LogP contribution in [0.2, 0.25) is 0 Å². The Balaban J connectivity index is 5.01. The smallest absolute Gasteiger partial charge is 0.414 e. The highest BCUT2D eigenvalue weighted by Crippen LogP contribution is 2.15. The number of nitrogens with zero attached hydrogens (tertiary/aromatic N) is 1. The van der Waals surface area contributed by atoms with Crippen molar-refractivity contribution in [2.24, 2.45) is 0 Å². The average Bonchev–Trinajstić information content (AvgIpc) is 2.14. The maximum absolute atomic E-state index is 11.8. The van der Waals surface area contributed by atoms with Crippen LogP contribution in [0.5, 0.6) is 0 Å². The van der Waals surface area contributed by atoms with Crippen LogP contribution in [-0.2, 0) is 14.3 Å². The van der Waals surface area contributed by atoms with E-state index >= 15 is 0 Å². The molecule has 0 bridgehead atoms. The van der Waals surface area contributed by atoms with Crippen molar-refractivity contribution in [3.05, 3.63) is 11.3 Å². The molecule has 0 aliphatic heterocycles. The Morgan fingerprint density at radius 3 is 1.88 bits per heavy atom. The summed E-state index contributed by atoms with van der Waals surface area (Å²) in [6.07, 6.45) is -0.584. The Kier molecular flexibility index (Phi) is 5.19. The van der Waals surface area contributed by atoms with Gasteiger partial charge in [0.15, 0.2) is 0 Å². The Labute approximate surface area is 102 Å². The molecule has 0 aromatic rings. The second kappa shape index (κ2) is 5.70. The number of rotatable bonds is 2. The molecule has 0 aromatic carbocycles. The molecule has 0 aliphatic carbocycles. The van der Waals surface area contributed by atoms with Gasteiger partial charge in [0, 0.05) is 7.05 Å². The zero-order chi connectivity index (χ0) is 13.8. The van der Waals surface area contributed by atoms with Crippen LogP contribution in [0.4, 0.5) is 4.79 Å². The molecule has 0 unspecified atom stereocenters. The second-order valence-corrected chi connectivity index (χ2v) is 4.88. The van der Waals surface area contributed by atoms with Gasteiger partial charge in [-0.1, -0.05) is 0 Å². The van der Waals surface area contributed by atoms with Crippen molar-refractivity contribution in [2.45, 2.75) is 40.2 Å². The summed E-state index contributed by atoms with van der Waals surface area (Å²) in [7, 11) is 2.75. The Bertz CT molecular complexity index is 335. The number of hydrogen-bond acceptors (Lipinski definition) is 4. The maximum atomic E-state index is 11.8. The number of carbonyl (C=O) groups is 2. The van der Waals surface area contributed by atoms with Crippen LogP contribution in [0.15, 0.2) is 11.3 Å². The largest absolute Gasteiger partial charge is 0.464 e. The van der Waals surface area contributed by atoms with Crippen molar-refractivity contribution < 1.29 is 19.1 Å². The molecular weight excluding hydrogens is 222 g/mol. The lowest BCUT2D eigenvalue weighted by atomic mass is 10.2. The minimum Gasteiger partial charge on any atom is -0.464 e. The number of likely N-dealkylation sites (N-methyl/N-ethyl adjacent to an activating group) is 1. The summed E-state index contributed by atoms with van der Waals surface area (Å²) in [5.74, 6) is -0.557. The molecule has 0 heterocycles. The van der Waals surface area contributed by atoms with Gasteiger partial charge in [-0.2, -0.15) is 0 Å². The lowest BCUT2D eigenvalue weighted by Crippen LogP contribution is -2.36. The predicted molar refractivity (Wildman–Crippen MR) is 64.4 cm³/mol. The molecule has 1 amide bonds. The highest BCUT2D eigenvalue weighted by molar-refractivity contribution is 5.92. The third kappa shape index (κ3) is 4.89. The minimum atomic E-state index is -0.603. The SMILES string of the molecule is COC(=O)C(=C(C)C)N(C)C(=O)OC(C)(C)C. The first-order chi connectivity index (χ1) is 7.60. The van der Waals surface area contributed by atoms with Crippen LogP contribution < -0.4 is 0 Å². The van der Waals surface area contributed by atoms with Gasteiger partial charge >= 0.3 is 12.1 Å². The standard InChI is InChI=1S/C12H21NO4/c1-8(2)9(10(14)16-7)13(6)11(15)17-12(3,4)5/h1-7H3. The molecule has 0 radical (unpaired) electrons. The molecule has 0 saturated heterocycles. The van der Waals surface area contributed by atoms with Gasteiger partial charge < -0.3 is 9.47 Å². The van der Waals surface area contributed by atoms with Crippen LogP contribution in [0, 0.1) is 0 Å². The van der Waals surface area contributed by atoms with Crippen molar-refractivity contribution in [2.75, 3.05) is 14.2 Å². The monoisotopic (exact) mass is 243 g/mol. The van der Waals surface area contributed by atoms with Crippen molar-refractivity contribution in [3.63, 3.8) is 0 Å². The first-order valence-corrected chi connectivity index (χ1v) is 5.32. The third-order valence-corrected chi connectivity index (χ3v) is 1.86. The number of amides is 1. The van der Waals surface area contributed by atoms with E-state index in [9.17, 15) is 9.59 Å². The van der Waals surface area contributed by atoms with Crippen LogP contribution in [0.25, 0.3) is 0 Å². The molecule has 5 nitrogen and oxygen atoms in total. The van der Waals surface area contributed by atoms with Crippen molar-refractivity contribution in [1.82, 2.24) is 4.90 Å². The van der Waals surface area contributed by atoms with E-state index < -0.39 is 17.7 Å². The van der Waals surface area contributed by atoms with Gasteiger partial charge in [0.2, 0.25) is 0 Å². The molecule has 0 atom stereocenters. The number of methoxy groups -OCH3 is 1. The van der Waals surface area contributed by atoms with Gasteiger partial charge in [-0.05, 0) is 40.2 Å². The summed E-state index contributed by atoms with van der Waals surface area (Å²) < 4.78 is 9.80. The summed E-state index contributed by atoms with van der Waals surface area (Å²) in [6, 6.07) is 0. The van der Waals surface area contributed by atoms with E-state index in [0.717, 1.165) is 4.90 Å². The second-order valence-electron chi connectivity index (χ2n) is 4.88. The van der Waals surface area contributed by atoms with Gasteiger partial charge in [0.1, 0.15) is 11.3 Å². The summed E-state index contributed by atoms with van der Waals surface area (Å²) in [4.78, 5) is 24.5. The number of allylic oxidation sites excluding steroid dienone is 1. The lowest BCUT2D eigenvalue weighted by Gasteiger charge is -2.25. The fraction of sp³-hybridized carbons (Fsp3) is 0.667. The first kappa shape index (κ1) is 15.5. The van der Waals surface area contributed by atoms with Crippen molar-refractivity contribution >= 4 is 12.1 Å². The zero-order valence-corrected chi connectivity index (χ0v) is 11.6. The van der Waals surface area contributed by atoms with Crippen LogP contribution in [0.1, 0.15) is 34.6 Å². The molecule has 0 aromatic heterocycles. The van der Waals surface area contributed by atoms with Crippen LogP contribution in [0.3, 0.4) is 0 Å². The zero-order valence-electron chi connectivity index (χ0n) is 11.6. The molecule has 0 N–H and O–H groups in total. The highest BCUT2D eigenvalue weighted by atomic mass is 16.6. The van der Waals surface area contributed by atoms with Gasteiger partial charge in [-0.15, -0.1) is 0 Å². The Hall–Kier alpha value is -1.52. The Morgan fingerprint density at radius 1 is 1.12 bits per heavy atom. The molecule has 0 saturated carbocycles. The van der Waals surface area contributed by atoms with Gasteiger partial charge in [-0.3, -0.25) is 4.90 Å². The molecular formula is C12H21NO4.